The van der Waals surface area contributed by atoms with Gasteiger partial charge in [0.15, 0.2) is 0 Å². The van der Waals surface area contributed by atoms with Crippen LogP contribution in [0.2, 0.25) is 0 Å². The Labute approximate surface area is 102 Å². The molecule has 1 heterocycles. The minimum absolute atomic E-state index is 0.00463. The van der Waals surface area contributed by atoms with E-state index < -0.39 is 0 Å². The van der Waals surface area contributed by atoms with Crippen LogP contribution in [0.15, 0.2) is 6.07 Å². The number of rotatable bonds is 6. The van der Waals surface area contributed by atoms with Crippen LogP contribution in [-0.4, -0.2) is 34.8 Å². The van der Waals surface area contributed by atoms with E-state index in [2.05, 4.69) is 22.3 Å². The lowest BCUT2D eigenvalue weighted by molar-refractivity contribution is 0.269. The first-order valence-electron chi connectivity index (χ1n) is 5.80. The largest absolute Gasteiger partial charge is 0.394 e. The highest BCUT2D eigenvalue weighted by molar-refractivity contribution is 5.49. The van der Waals surface area contributed by atoms with E-state index in [-0.39, 0.29) is 12.6 Å². The Balaban J connectivity index is 3.01. The molecule has 1 atom stereocenters. The zero-order valence-electron chi connectivity index (χ0n) is 10.6. The molecule has 0 bridgehead atoms. The maximum atomic E-state index is 9.14. The Morgan fingerprint density at radius 1 is 1.53 bits per heavy atom. The fourth-order valence-electron chi connectivity index (χ4n) is 1.42. The number of nitrogens with one attached hydrogen (secondary N) is 1. The molecule has 1 rings (SSSR count). The number of nitrogen functional groups attached to an aromatic ring is 1. The lowest BCUT2D eigenvalue weighted by Crippen LogP contribution is -2.33. The first-order valence-corrected chi connectivity index (χ1v) is 5.80. The predicted molar refractivity (Wildman–Crippen MR) is 68.8 cm³/mol. The summed E-state index contributed by atoms with van der Waals surface area (Å²) in [6.07, 6.45) is 1.79. The smallest absolute Gasteiger partial charge is 0.145 e. The van der Waals surface area contributed by atoms with E-state index in [9.17, 15) is 0 Å². The van der Waals surface area contributed by atoms with Crippen LogP contribution >= 0.6 is 0 Å². The van der Waals surface area contributed by atoms with Gasteiger partial charge in [-0.1, -0.05) is 6.92 Å². The normalized spacial score (nSPS) is 12.3. The van der Waals surface area contributed by atoms with Gasteiger partial charge in [0.1, 0.15) is 17.5 Å². The first kappa shape index (κ1) is 13.7. The molecule has 1 aromatic heterocycles. The number of likely N-dealkylation sites (N-methyl/N-ethyl adjacent to an activating group) is 1. The SMILES string of the molecule is CCCc1nc(NN)cc(N(C)C(C)CO)n1. The number of aryl methyl sites for hydroxylation is 1. The van der Waals surface area contributed by atoms with Gasteiger partial charge < -0.3 is 15.4 Å². The summed E-state index contributed by atoms with van der Waals surface area (Å²) >= 11 is 0. The van der Waals surface area contributed by atoms with E-state index >= 15 is 0 Å². The number of nitrogens with two attached hydrogens (primary N) is 1. The molecule has 0 radical (unpaired) electrons. The molecule has 17 heavy (non-hydrogen) atoms. The van der Waals surface area contributed by atoms with E-state index in [1.54, 1.807) is 6.07 Å². The zero-order chi connectivity index (χ0) is 12.8. The number of aromatic nitrogens is 2. The summed E-state index contributed by atoms with van der Waals surface area (Å²) < 4.78 is 0. The number of hydrogen-bond acceptors (Lipinski definition) is 6. The molecule has 6 heteroatoms. The summed E-state index contributed by atoms with van der Waals surface area (Å²) in [4.78, 5) is 10.6. The Morgan fingerprint density at radius 2 is 2.24 bits per heavy atom. The van der Waals surface area contributed by atoms with Gasteiger partial charge in [0, 0.05) is 19.5 Å². The van der Waals surface area contributed by atoms with E-state index in [0.29, 0.717) is 5.82 Å². The summed E-state index contributed by atoms with van der Waals surface area (Å²) in [6.45, 7) is 4.08. The van der Waals surface area contributed by atoms with E-state index in [0.717, 1.165) is 24.5 Å². The van der Waals surface area contributed by atoms with Gasteiger partial charge in [-0.25, -0.2) is 15.8 Å². The molecule has 4 N–H and O–H groups in total. The quantitative estimate of drug-likeness (QED) is 0.496. The summed E-state index contributed by atoms with van der Waals surface area (Å²) in [5.74, 6) is 7.50. The van der Waals surface area contributed by atoms with Crippen molar-refractivity contribution in [3.63, 3.8) is 0 Å². The molecular formula is C11H21N5O. The van der Waals surface area contributed by atoms with Crippen molar-refractivity contribution >= 4 is 11.6 Å². The van der Waals surface area contributed by atoms with Gasteiger partial charge in [0.2, 0.25) is 0 Å². The third-order valence-electron chi connectivity index (χ3n) is 2.67. The van der Waals surface area contributed by atoms with Crippen LogP contribution in [0.1, 0.15) is 26.1 Å². The summed E-state index contributed by atoms with van der Waals surface area (Å²) in [6, 6.07) is 1.77. The van der Waals surface area contributed by atoms with Crippen molar-refractivity contribution in [1.29, 1.82) is 0 Å². The van der Waals surface area contributed by atoms with Crippen LogP contribution in [0, 0.1) is 0 Å². The van der Waals surface area contributed by atoms with Crippen LogP contribution in [0.25, 0.3) is 0 Å². The van der Waals surface area contributed by atoms with Gasteiger partial charge in [0.05, 0.1) is 12.6 Å². The fraction of sp³-hybridized carbons (Fsp3) is 0.636. The summed E-state index contributed by atoms with van der Waals surface area (Å²) in [5, 5.41) is 9.14. The molecule has 0 saturated carbocycles. The van der Waals surface area contributed by atoms with Crippen molar-refractivity contribution in [3.8, 4) is 0 Å². The summed E-state index contributed by atoms with van der Waals surface area (Å²) in [5.41, 5.74) is 2.54. The third kappa shape index (κ3) is 3.54. The molecule has 0 fully saturated rings. The molecule has 1 unspecified atom stereocenters. The zero-order valence-corrected chi connectivity index (χ0v) is 10.6. The molecule has 0 aliphatic heterocycles. The van der Waals surface area contributed by atoms with Crippen molar-refractivity contribution in [3.05, 3.63) is 11.9 Å². The van der Waals surface area contributed by atoms with Crippen LogP contribution in [0.3, 0.4) is 0 Å². The maximum Gasteiger partial charge on any atom is 0.145 e. The van der Waals surface area contributed by atoms with Crippen molar-refractivity contribution in [1.82, 2.24) is 9.97 Å². The molecule has 0 amide bonds. The number of aliphatic hydroxyl groups excluding tert-OH is 1. The topological polar surface area (TPSA) is 87.3 Å². The Bertz CT molecular complexity index is 358. The molecule has 0 spiro atoms. The van der Waals surface area contributed by atoms with Gasteiger partial charge in [-0.2, -0.15) is 0 Å². The highest BCUT2D eigenvalue weighted by Crippen LogP contribution is 2.16. The predicted octanol–water partition coefficient (Wildman–Crippen LogP) is 0.532. The highest BCUT2D eigenvalue weighted by atomic mass is 16.3. The van der Waals surface area contributed by atoms with E-state index in [1.807, 2.05) is 18.9 Å². The van der Waals surface area contributed by atoms with Crippen molar-refractivity contribution in [2.24, 2.45) is 5.84 Å². The molecule has 6 nitrogen and oxygen atoms in total. The number of aliphatic hydroxyl groups is 1. The molecule has 0 aromatic carbocycles. The van der Waals surface area contributed by atoms with Crippen molar-refractivity contribution < 1.29 is 5.11 Å². The molecule has 0 saturated heterocycles. The Morgan fingerprint density at radius 3 is 2.76 bits per heavy atom. The number of anilines is 2. The number of nitrogens with zero attached hydrogens (tertiary/aromatic N) is 3. The van der Waals surface area contributed by atoms with E-state index in [4.69, 9.17) is 10.9 Å². The second-order valence-corrected chi connectivity index (χ2v) is 4.06. The standard InChI is InChI=1S/C11H21N5O/c1-4-5-9-13-10(15-12)6-11(14-9)16(3)8(2)7-17/h6,8,17H,4-5,7,12H2,1-3H3,(H,13,14,15). The average Bonchev–Trinajstić information content (AvgIpc) is 2.36. The average molecular weight is 239 g/mol. The van der Waals surface area contributed by atoms with Gasteiger partial charge in [-0.3, -0.25) is 0 Å². The van der Waals surface area contributed by atoms with Crippen molar-refractivity contribution in [2.75, 3.05) is 24.0 Å². The molecule has 0 aliphatic rings. The van der Waals surface area contributed by atoms with Gasteiger partial charge >= 0.3 is 0 Å². The maximum absolute atomic E-state index is 9.14. The Kier molecular flexibility index (Phi) is 5.11. The summed E-state index contributed by atoms with van der Waals surface area (Å²) in [7, 11) is 1.89. The number of hydrogen-bond donors (Lipinski definition) is 3. The van der Waals surface area contributed by atoms with Crippen LogP contribution < -0.4 is 16.2 Å². The lowest BCUT2D eigenvalue weighted by Gasteiger charge is -2.24. The van der Waals surface area contributed by atoms with Gasteiger partial charge in [-0.05, 0) is 13.3 Å². The van der Waals surface area contributed by atoms with Crippen LogP contribution in [0.5, 0.6) is 0 Å². The van der Waals surface area contributed by atoms with Crippen LogP contribution in [0.4, 0.5) is 11.6 Å². The second-order valence-electron chi connectivity index (χ2n) is 4.06. The van der Waals surface area contributed by atoms with Crippen LogP contribution in [-0.2, 0) is 6.42 Å². The second kappa shape index (κ2) is 6.36. The first-order chi connectivity index (χ1) is 8.12. The Hall–Kier alpha value is -1.40. The molecule has 96 valence electrons. The fourth-order valence-corrected chi connectivity index (χ4v) is 1.42. The molecule has 1 aromatic rings. The molecule has 0 aliphatic carbocycles. The van der Waals surface area contributed by atoms with Gasteiger partial charge in [-0.15, -0.1) is 0 Å². The minimum Gasteiger partial charge on any atom is -0.394 e. The molecular weight excluding hydrogens is 218 g/mol. The van der Waals surface area contributed by atoms with E-state index in [1.165, 1.54) is 0 Å². The lowest BCUT2D eigenvalue weighted by atomic mass is 10.3. The van der Waals surface area contributed by atoms with Crippen molar-refractivity contribution in [2.45, 2.75) is 32.7 Å². The number of hydrazine groups is 1. The minimum atomic E-state index is 0.00463. The third-order valence-corrected chi connectivity index (χ3v) is 2.67. The monoisotopic (exact) mass is 239 g/mol. The highest BCUT2D eigenvalue weighted by Gasteiger charge is 2.12. The van der Waals surface area contributed by atoms with Gasteiger partial charge in [0.25, 0.3) is 0 Å².